The van der Waals surface area contributed by atoms with Crippen LogP contribution in [0.25, 0.3) is 0 Å². The summed E-state index contributed by atoms with van der Waals surface area (Å²) < 4.78 is 11.1. The molecule has 0 spiro atoms. The molecule has 0 saturated heterocycles. The monoisotopic (exact) mass is 372 g/mol. The Labute approximate surface area is 153 Å². The zero-order valence-electron chi connectivity index (χ0n) is 13.9. The fourth-order valence-electron chi connectivity index (χ4n) is 2.80. The first kappa shape index (κ1) is 19.2. The lowest BCUT2D eigenvalue weighted by Gasteiger charge is -2.29. The molecule has 1 atom stereocenters. The van der Waals surface area contributed by atoms with E-state index in [9.17, 15) is 4.79 Å². The number of ether oxygens (including phenoxy) is 2. The fourth-order valence-corrected chi connectivity index (χ4v) is 3.67. The first-order valence-corrected chi connectivity index (χ1v) is 9.13. The molecule has 0 aromatic heterocycles. The molecule has 1 amide bonds. The van der Waals surface area contributed by atoms with Gasteiger partial charge in [0, 0.05) is 23.6 Å². The quantitative estimate of drug-likeness (QED) is 0.720. The van der Waals surface area contributed by atoms with Crippen LogP contribution in [0.15, 0.2) is 23.1 Å². The van der Waals surface area contributed by atoms with E-state index in [4.69, 9.17) is 15.2 Å². The Morgan fingerprint density at radius 1 is 1.33 bits per heavy atom. The van der Waals surface area contributed by atoms with Gasteiger partial charge in [0.1, 0.15) is 13.2 Å². The summed E-state index contributed by atoms with van der Waals surface area (Å²) in [4.78, 5) is 13.2. The summed E-state index contributed by atoms with van der Waals surface area (Å²) in [5.74, 6) is 2.94. The van der Waals surface area contributed by atoms with Gasteiger partial charge in [0.05, 0.1) is 5.54 Å². The third kappa shape index (κ3) is 4.71. The van der Waals surface area contributed by atoms with Crippen LogP contribution in [0.1, 0.15) is 26.2 Å². The van der Waals surface area contributed by atoms with E-state index in [2.05, 4.69) is 12.2 Å². The average Bonchev–Trinajstić information content (AvgIpc) is 3.40. The van der Waals surface area contributed by atoms with Crippen molar-refractivity contribution in [2.45, 2.75) is 36.6 Å². The lowest BCUT2D eigenvalue weighted by atomic mass is 9.96. The lowest BCUT2D eigenvalue weighted by Crippen LogP contribution is -2.53. The molecule has 1 heterocycles. The number of rotatable bonds is 7. The minimum atomic E-state index is -0.237. The summed E-state index contributed by atoms with van der Waals surface area (Å²) in [6.07, 6.45) is 2.82. The second kappa shape index (κ2) is 8.32. The minimum Gasteiger partial charge on any atom is -0.486 e. The van der Waals surface area contributed by atoms with Crippen molar-refractivity contribution in [1.29, 1.82) is 0 Å². The van der Waals surface area contributed by atoms with Crippen LogP contribution in [0, 0.1) is 5.92 Å². The molecule has 3 N–H and O–H groups in total. The molecular formula is C17H25ClN2O3S. The normalized spacial score (nSPS) is 18.2. The van der Waals surface area contributed by atoms with Crippen LogP contribution < -0.4 is 20.5 Å². The molecule has 24 heavy (non-hydrogen) atoms. The highest BCUT2D eigenvalue weighted by Gasteiger charge is 2.41. The molecule has 1 fully saturated rings. The van der Waals surface area contributed by atoms with Gasteiger partial charge in [-0.15, -0.1) is 24.2 Å². The highest BCUT2D eigenvalue weighted by molar-refractivity contribution is 7.99. The van der Waals surface area contributed by atoms with Crippen LogP contribution in [0.5, 0.6) is 11.5 Å². The summed E-state index contributed by atoms with van der Waals surface area (Å²) in [7, 11) is 0. The van der Waals surface area contributed by atoms with Crippen LogP contribution in [0.2, 0.25) is 0 Å². The zero-order chi connectivity index (χ0) is 16.3. The molecule has 1 aromatic carbocycles. The van der Waals surface area contributed by atoms with Gasteiger partial charge in [-0.3, -0.25) is 4.79 Å². The van der Waals surface area contributed by atoms with Gasteiger partial charge in [-0.05, 0) is 43.9 Å². The van der Waals surface area contributed by atoms with Gasteiger partial charge < -0.3 is 20.5 Å². The topological polar surface area (TPSA) is 73.6 Å². The SMILES string of the molecule is CC(CN)(NC(=O)CCSc1ccc2c(c1)OCCO2)C1CC1.Cl. The van der Waals surface area contributed by atoms with Crippen molar-refractivity contribution >= 4 is 30.1 Å². The van der Waals surface area contributed by atoms with Gasteiger partial charge in [-0.25, -0.2) is 0 Å². The van der Waals surface area contributed by atoms with E-state index in [0.717, 1.165) is 22.1 Å². The van der Waals surface area contributed by atoms with Gasteiger partial charge in [0.25, 0.3) is 0 Å². The standard InChI is InChI=1S/C17H24N2O3S.ClH/c1-17(11-18,12-2-3-12)19-16(20)6-9-23-13-4-5-14-15(10-13)22-8-7-21-14;/h4-5,10,12H,2-3,6-9,11,18H2,1H3,(H,19,20);1H. The van der Waals surface area contributed by atoms with E-state index in [1.165, 1.54) is 12.8 Å². The van der Waals surface area contributed by atoms with Gasteiger partial charge in [-0.1, -0.05) is 0 Å². The largest absolute Gasteiger partial charge is 0.486 e. The summed E-state index contributed by atoms with van der Waals surface area (Å²) in [5, 5.41) is 3.12. The van der Waals surface area contributed by atoms with Crippen molar-refractivity contribution < 1.29 is 14.3 Å². The van der Waals surface area contributed by atoms with Crippen LogP contribution >= 0.6 is 24.2 Å². The van der Waals surface area contributed by atoms with Crippen molar-refractivity contribution in [1.82, 2.24) is 5.32 Å². The first-order valence-electron chi connectivity index (χ1n) is 8.14. The van der Waals surface area contributed by atoms with E-state index in [1.807, 2.05) is 18.2 Å². The molecule has 134 valence electrons. The molecule has 1 unspecified atom stereocenters. The maximum absolute atomic E-state index is 12.1. The van der Waals surface area contributed by atoms with Gasteiger partial charge in [0.2, 0.25) is 5.91 Å². The number of fused-ring (bicyclic) bond motifs is 1. The number of nitrogens with two attached hydrogens (primary N) is 1. The van der Waals surface area contributed by atoms with Crippen molar-refractivity contribution in [3.05, 3.63) is 18.2 Å². The third-order valence-corrected chi connectivity index (χ3v) is 5.43. The molecule has 0 bridgehead atoms. The Bertz CT molecular complexity index is 583. The number of halogens is 1. The number of thioether (sulfide) groups is 1. The molecule has 1 saturated carbocycles. The van der Waals surface area contributed by atoms with E-state index in [-0.39, 0.29) is 23.9 Å². The van der Waals surface area contributed by atoms with E-state index < -0.39 is 0 Å². The summed E-state index contributed by atoms with van der Waals surface area (Å²) in [5.41, 5.74) is 5.60. The number of benzene rings is 1. The van der Waals surface area contributed by atoms with E-state index in [0.29, 0.717) is 32.1 Å². The molecule has 1 aliphatic heterocycles. The number of hydrogen-bond donors (Lipinski definition) is 2. The Morgan fingerprint density at radius 2 is 2.04 bits per heavy atom. The summed E-state index contributed by atoms with van der Waals surface area (Å²) in [6, 6.07) is 5.91. The molecular weight excluding hydrogens is 348 g/mol. The van der Waals surface area contributed by atoms with Crippen LogP contribution in [0.3, 0.4) is 0 Å². The number of carbonyl (C=O) groups is 1. The fraction of sp³-hybridized carbons (Fsp3) is 0.588. The average molecular weight is 373 g/mol. The molecule has 1 aliphatic carbocycles. The van der Waals surface area contributed by atoms with Crippen molar-refractivity contribution in [3.8, 4) is 11.5 Å². The number of carbonyl (C=O) groups excluding carboxylic acids is 1. The molecule has 7 heteroatoms. The zero-order valence-corrected chi connectivity index (χ0v) is 15.5. The number of nitrogens with one attached hydrogen (secondary N) is 1. The predicted molar refractivity (Wildman–Crippen MR) is 98.3 cm³/mol. The van der Waals surface area contributed by atoms with Crippen molar-refractivity contribution in [3.63, 3.8) is 0 Å². The third-order valence-electron chi connectivity index (χ3n) is 4.44. The molecule has 0 radical (unpaired) electrons. The van der Waals surface area contributed by atoms with Gasteiger partial charge in [-0.2, -0.15) is 0 Å². The highest BCUT2D eigenvalue weighted by atomic mass is 35.5. The Balaban J connectivity index is 0.00000208. The van der Waals surface area contributed by atoms with E-state index in [1.54, 1.807) is 11.8 Å². The van der Waals surface area contributed by atoms with Crippen LogP contribution in [-0.4, -0.2) is 37.0 Å². The first-order chi connectivity index (χ1) is 11.1. The van der Waals surface area contributed by atoms with E-state index >= 15 is 0 Å². The molecule has 5 nitrogen and oxygen atoms in total. The molecule has 3 rings (SSSR count). The van der Waals surface area contributed by atoms with Gasteiger partial charge in [0.15, 0.2) is 11.5 Å². The van der Waals surface area contributed by atoms with Crippen molar-refractivity contribution in [2.24, 2.45) is 11.7 Å². The smallest absolute Gasteiger partial charge is 0.221 e. The Kier molecular flexibility index (Phi) is 6.66. The minimum absolute atomic E-state index is 0. The lowest BCUT2D eigenvalue weighted by molar-refractivity contribution is -0.122. The molecule has 1 aromatic rings. The Hall–Kier alpha value is -1.11. The number of hydrogen-bond acceptors (Lipinski definition) is 5. The highest BCUT2D eigenvalue weighted by Crippen LogP contribution is 2.39. The predicted octanol–water partition coefficient (Wildman–Crippen LogP) is 2.61. The van der Waals surface area contributed by atoms with Crippen molar-refractivity contribution in [2.75, 3.05) is 25.5 Å². The summed E-state index contributed by atoms with van der Waals surface area (Å²) >= 11 is 1.65. The Morgan fingerprint density at radius 3 is 2.71 bits per heavy atom. The van der Waals surface area contributed by atoms with Crippen LogP contribution in [-0.2, 0) is 4.79 Å². The maximum Gasteiger partial charge on any atom is 0.221 e. The maximum atomic E-state index is 12.1. The summed E-state index contributed by atoms with van der Waals surface area (Å²) in [6.45, 7) is 3.73. The number of amides is 1. The second-order valence-corrected chi connectivity index (χ2v) is 7.52. The second-order valence-electron chi connectivity index (χ2n) is 6.35. The van der Waals surface area contributed by atoms with Gasteiger partial charge >= 0.3 is 0 Å². The molecule has 2 aliphatic rings. The van der Waals surface area contributed by atoms with Crippen LogP contribution in [0.4, 0.5) is 0 Å².